The molecule has 0 heterocycles. The Morgan fingerprint density at radius 1 is 0.765 bits per heavy atom. The second kappa shape index (κ2) is 9.59. The summed E-state index contributed by atoms with van der Waals surface area (Å²) in [5.41, 5.74) is -5.59. The lowest BCUT2D eigenvalue weighted by atomic mass is 9.89. The molecule has 34 heavy (non-hydrogen) atoms. The van der Waals surface area contributed by atoms with E-state index in [4.69, 9.17) is 4.74 Å². The maximum absolute atomic E-state index is 14.2. The number of nitrogens with one attached hydrogen (secondary N) is 1. The van der Waals surface area contributed by atoms with Crippen LogP contribution in [0.5, 0.6) is 11.5 Å². The van der Waals surface area contributed by atoms with Gasteiger partial charge in [0.25, 0.3) is 0 Å². The Kier molecular flexibility index (Phi) is 7.18. The van der Waals surface area contributed by atoms with Gasteiger partial charge in [0.1, 0.15) is 23.1 Å². The minimum Gasteiger partial charge on any atom is -0.457 e. The van der Waals surface area contributed by atoms with Gasteiger partial charge in [-0.05, 0) is 60.2 Å². The standard InChI is InChI=1S/C23H17F8NO2/c24-17-5-7-18(8-6-17)34-19-3-1-2-15(11-19)21(13-33,23(29,30)31)32-12-14-10-16(22(26,27)28)4-9-20(14)25/h1-11,32-33H,12-13H2. The Labute approximate surface area is 188 Å². The van der Waals surface area contributed by atoms with Gasteiger partial charge in [-0.25, -0.2) is 8.78 Å². The van der Waals surface area contributed by atoms with E-state index in [-0.39, 0.29) is 11.5 Å². The van der Waals surface area contributed by atoms with Gasteiger partial charge in [-0.2, -0.15) is 26.3 Å². The highest BCUT2D eigenvalue weighted by Crippen LogP contribution is 2.41. The summed E-state index contributed by atoms with van der Waals surface area (Å²) in [6.45, 7) is -2.52. The van der Waals surface area contributed by atoms with Crippen LogP contribution in [0.3, 0.4) is 0 Å². The van der Waals surface area contributed by atoms with Gasteiger partial charge in [0.15, 0.2) is 5.54 Å². The van der Waals surface area contributed by atoms with Crippen molar-refractivity contribution in [2.75, 3.05) is 6.61 Å². The number of benzene rings is 3. The van der Waals surface area contributed by atoms with E-state index in [1.165, 1.54) is 24.3 Å². The summed E-state index contributed by atoms with van der Waals surface area (Å²) in [6, 6.07) is 10.5. The molecule has 2 N–H and O–H groups in total. The highest BCUT2D eigenvalue weighted by atomic mass is 19.4. The maximum atomic E-state index is 14.2. The van der Waals surface area contributed by atoms with Gasteiger partial charge in [-0.15, -0.1) is 0 Å². The van der Waals surface area contributed by atoms with Gasteiger partial charge in [0.05, 0.1) is 12.2 Å². The van der Waals surface area contributed by atoms with Crippen molar-refractivity contribution in [1.29, 1.82) is 0 Å². The van der Waals surface area contributed by atoms with Crippen molar-refractivity contribution in [3.8, 4) is 11.5 Å². The van der Waals surface area contributed by atoms with Crippen LogP contribution < -0.4 is 10.1 Å². The molecule has 1 atom stereocenters. The summed E-state index contributed by atoms with van der Waals surface area (Å²) in [5, 5.41) is 11.8. The average molecular weight is 491 g/mol. The number of aliphatic hydroxyl groups excluding tert-OH is 1. The fourth-order valence-corrected chi connectivity index (χ4v) is 3.20. The molecule has 0 amide bonds. The summed E-state index contributed by atoms with van der Waals surface area (Å²) in [7, 11) is 0. The number of alkyl halides is 6. The number of ether oxygens (including phenoxy) is 1. The van der Waals surface area contributed by atoms with Crippen molar-refractivity contribution in [3.63, 3.8) is 0 Å². The summed E-state index contributed by atoms with van der Waals surface area (Å²) in [4.78, 5) is 0. The Hall–Kier alpha value is -3.18. The molecule has 0 aliphatic carbocycles. The average Bonchev–Trinajstić information content (AvgIpc) is 2.76. The van der Waals surface area contributed by atoms with Crippen molar-refractivity contribution < 1.29 is 45.0 Å². The number of rotatable bonds is 7. The zero-order valence-corrected chi connectivity index (χ0v) is 17.1. The first-order chi connectivity index (χ1) is 15.9. The molecule has 11 heteroatoms. The summed E-state index contributed by atoms with van der Waals surface area (Å²) in [6.07, 6.45) is -9.97. The van der Waals surface area contributed by atoms with E-state index in [0.29, 0.717) is 18.2 Å². The van der Waals surface area contributed by atoms with Gasteiger partial charge in [0.2, 0.25) is 0 Å². The third kappa shape index (κ3) is 5.48. The van der Waals surface area contributed by atoms with Crippen LogP contribution in [0.25, 0.3) is 0 Å². The highest BCUT2D eigenvalue weighted by Gasteiger charge is 2.55. The largest absolute Gasteiger partial charge is 0.457 e. The van der Waals surface area contributed by atoms with Crippen LogP contribution in [0, 0.1) is 11.6 Å². The minimum atomic E-state index is -5.14. The van der Waals surface area contributed by atoms with Crippen LogP contribution in [0.1, 0.15) is 16.7 Å². The lowest BCUT2D eigenvalue weighted by molar-refractivity contribution is -0.212. The third-order valence-electron chi connectivity index (χ3n) is 5.05. The quantitative estimate of drug-likeness (QED) is 0.381. The Bertz CT molecular complexity index is 1130. The van der Waals surface area contributed by atoms with Crippen molar-refractivity contribution in [1.82, 2.24) is 5.32 Å². The Morgan fingerprint density at radius 2 is 1.44 bits per heavy atom. The second-order valence-corrected chi connectivity index (χ2v) is 7.30. The Morgan fingerprint density at radius 3 is 2.03 bits per heavy atom. The molecule has 0 aromatic heterocycles. The zero-order chi connectivity index (χ0) is 25.1. The van der Waals surface area contributed by atoms with E-state index >= 15 is 0 Å². The fourth-order valence-electron chi connectivity index (χ4n) is 3.20. The fraction of sp³-hybridized carbons (Fsp3) is 0.217. The van der Waals surface area contributed by atoms with Crippen LogP contribution in [0.2, 0.25) is 0 Å². The van der Waals surface area contributed by atoms with E-state index < -0.39 is 59.4 Å². The topological polar surface area (TPSA) is 41.5 Å². The molecule has 1 unspecified atom stereocenters. The van der Waals surface area contributed by atoms with Gasteiger partial charge in [-0.1, -0.05) is 12.1 Å². The van der Waals surface area contributed by atoms with Crippen LogP contribution in [-0.2, 0) is 18.3 Å². The monoisotopic (exact) mass is 491 g/mol. The molecule has 0 aliphatic rings. The molecule has 0 radical (unpaired) electrons. The summed E-state index contributed by atoms with van der Waals surface area (Å²) < 4.78 is 114. The first kappa shape index (κ1) is 25.4. The first-order valence-corrected chi connectivity index (χ1v) is 9.68. The van der Waals surface area contributed by atoms with Crippen molar-refractivity contribution in [2.45, 2.75) is 24.4 Å². The highest BCUT2D eigenvalue weighted by molar-refractivity contribution is 5.38. The van der Waals surface area contributed by atoms with Crippen LogP contribution in [0.4, 0.5) is 35.1 Å². The smallest absolute Gasteiger partial charge is 0.416 e. The van der Waals surface area contributed by atoms with E-state index in [0.717, 1.165) is 24.3 Å². The van der Waals surface area contributed by atoms with E-state index in [9.17, 15) is 40.2 Å². The van der Waals surface area contributed by atoms with Crippen LogP contribution in [0.15, 0.2) is 66.7 Å². The van der Waals surface area contributed by atoms with Crippen molar-refractivity contribution in [2.24, 2.45) is 0 Å². The SMILES string of the molecule is OCC(NCc1cc(C(F)(F)F)ccc1F)(c1cccc(Oc2ccc(F)cc2)c1)C(F)(F)F. The van der Waals surface area contributed by atoms with Crippen molar-refractivity contribution >= 4 is 0 Å². The van der Waals surface area contributed by atoms with Gasteiger partial charge in [-0.3, -0.25) is 5.32 Å². The number of aliphatic hydroxyl groups is 1. The molecule has 0 aliphatic heterocycles. The molecule has 0 saturated carbocycles. The molecule has 0 spiro atoms. The van der Waals surface area contributed by atoms with Crippen molar-refractivity contribution in [3.05, 3.63) is 95.1 Å². The number of halogens is 8. The molecule has 182 valence electrons. The molecule has 0 saturated heterocycles. The van der Waals surface area contributed by atoms with E-state index in [2.05, 4.69) is 0 Å². The maximum Gasteiger partial charge on any atom is 0.416 e. The van der Waals surface area contributed by atoms with Crippen LogP contribution >= 0.6 is 0 Å². The molecule has 3 aromatic carbocycles. The van der Waals surface area contributed by atoms with E-state index in [1.54, 1.807) is 0 Å². The molecular formula is C23H17F8NO2. The van der Waals surface area contributed by atoms with Gasteiger partial charge < -0.3 is 9.84 Å². The molecule has 0 bridgehead atoms. The molecular weight excluding hydrogens is 474 g/mol. The second-order valence-electron chi connectivity index (χ2n) is 7.30. The molecule has 3 aromatic rings. The minimum absolute atomic E-state index is 0.0850. The zero-order valence-electron chi connectivity index (χ0n) is 17.1. The molecule has 3 nitrogen and oxygen atoms in total. The lowest BCUT2D eigenvalue weighted by Gasteiger charge is -2.36. The summed E-state index contributed by atoms with van der Waals surface area (Å²) >= 11 is 0. The van der Waals surface area contributed by atoms with E-state index in [1.807, 2.05) is 5.32 Å². The first-order valence-electron chi connectivity index (χ1n) is 9.68. The van der Waals surface area contributed by atoms with Gasteiger partial charge in [0, 0.05) is 12.1 Å². The lowest BCUT2D eigenvalue weighted by Crippen LogP contribution is -2.56. The molecule has 0 fully saturated rings. The Balaban J connectivity index is 1.95. The molecule has 3 rings (SSSR count). The predicted molar refractivity (Wildman–Crippen MR) is 106 cm³/mol. The normalized spacial score (nSPS) is 14.0. The summed E-state index contributed by atoms with van der Waals surface area (Å²) in [5.74, 6) is -1.66. The number of hydrogen-bond acceptors (Lipinski definition) is 3. The third-order valence-corrected chi connectivity index (χ3v) is 5.05. The van der Waals surface area contributed by atoms with Crippen LogP contribution in [-0.4, -0.2) is 17.9 Å². The number of hydrogen-bond donors (Lipinski definition) is 2. The van der Waals surface area contributed by atoms with Gasteiger partial charge >= 0.3 is 12.4 Å². The predicted octanol–water partition coefficient (Wildman–Crippen LogP) is 6.32.